The van der Waals surface area contributed by atoms with E-state index >= 15 is 0 Å². The van der Waals surface area contributed by atoms with Gasteiger partial charge < -0.3 is 5.32 Å². The number of rotatable bonds is 4. The summed E-state index contributed by atoms with van der Waals surface area (Å²) in [5, 5.41) is 4.91. The quantitative estimate of drug-likeness (QED) is 0.741. The Morgan fingerprint density at radius 2 is 2.00 bits per heavy atom. The average molecular weight is 323 g/mol. The molecule has 0 spiro atoms. The van der Waals surface area contributed by atoms with E-state index in [1.165, 1.54) is 40.7 Å². The lowest BCUT2D eigenvalue weighted by atomic mass is 10.1. The Morgan fingerprint density at radius 1 is 1.17 bits per heavy atom. The van der Waals surface area contributed by atoms with E-state index in [2.05, 4.69) is 49.5 Å². The van der Waals surface area contributed by atoms with Crippen molar-refractivity contribution >= 4 is 27.4 Å². The van der Waals surface area contributed by atoms with Gasteiger partial charge in [0.2, 0.25) is 0 Å². The minimum Gasteiger partial charge on any atom is -0.363 e. The van der Waals surface area contributed by atoms with Gasteiger partial charge in [-0.25, -0.2) is 9.97 Å². The molecular weight excluding hydrogens is 302 g/mol. The largest absolute Gasteiger partial charge is 0.363 e. The Hall–Kier alpha value is -1.94. The van der Waals surface area contributed by atoms with E-state index in [0.717, 1.165) is 22.9 Å². The first-order chi connectivity index (χ1) is 11.3. The van der Waals surface area contributed by atoms with Crippen LogP contribution in [-0.2, 0) is 19.3 Å². The zero-order chi connectivity index (χ0) is 15.8. The fourth-order valence-corrected chi connectivity index (χ4v) is 4.61. The molecule has 0 amide bonds. The van der Waals surface area contributed by atoms with Gasteiger partial charge in [-0.05, 0) is 37.3 Å². The summed E-state index contributed by atoms with van der Waals surface area (Å²) in [4.78, 5) is 12.3. The molecule has 23 heavy (non-hydrogen) atoms. The van der Waals surface area contributed by atoms with Crippen LogP contribution in [0.1, 0.15) is 48.1 Å². The van der Waals surface area contributed by atoms with E-state index in [4.69, 9.17) is 9.97 Å². The third kappa shape index (κ3) is 2.61. The zero-order valence-electron chi connectivity index (χ0n) is 13.6. The van der Waals surface area contributed by atoms with E-state index in [0.29, 0.717) is 0 Å². The standard InChI is InChI=1S/C19H21N3S/c1-3-16-21-18(20-12(2)13-8-5-4-6-9-13)17-14-10-7-11-15(14)23-19(17)22-16/h4-6,8-9,12H,3,7,10-11H2,1-2H3,(H,20,21,22). The van der Waals surface area contributed by atoms with Gasteiger partial charge in [-0.2, -0.15) is 0 Å². The average Bonchev–Trinajstić information content (AvgIpc) is 3.15. The maximum Gasteiger partial charge on any atom is 0.139 e. The number of fused-ring (bicyclic) bond motifs is 3. The fraction of sp³-hybridized carbons (Fsp3) is 0.368. The lowest BCUT2D eigenvalue weighted by molar-refractivity contribution is 0.864. The molecule has 0 bridgehead atoms. The van der Waals surface area contributed by atoms with Crippen LogP contribution in [0.25, 0.3) is 10.2 Å². The summed E-state index contributed by atoms with van der Waals surface area (Å²) >= 11 is 1.86. The predicted octanol–water partition coefficient (Wildman–Crippen LogP) is 4.92. The molecule has 0 aliphatic heterocycles. The minimum absolute atomic E-state index is 0.232. The zero-order valence-corrected chi connectivity index (χ0v) is 14.4. The Balaban J connectivity index is 1.79. The molecule has 4 rings (SSSR count). The summed E-state index contributed by atoms with van der Waals surface area (Å²) in [5.74, 6) is 1.95. The number of hydrogen-bond acceptors (Lipinski definition) is 4. The van der Waals surface area contributed by atoms with Crippen LogP contribution >= 0.6 is 11.3 Å². The van der Waals surface area contributed by atoms with Crippen molar-refractivity contribution in [1.29, 1.82) is 0 Å². The molecule has 1 aliphatic rings. The molecule has 1 aliphatic carbocycles. The Labute approximate surface area is 140 Å². The molecule has 0 saturated carbocycles. The molecule has 2 aromatic heterocycles. The van der Waals surface area contributed by atoms with Crippen LogP contribution in [0.3, 0.4) is 0 Å². The Bertz CT molecular complexity index is 839. The molecular formula is C19H21N3S. The number of anilines is 1. The molecule has 4 heteroatoms. The number of aryl methyl sites for hydroxylation is 3. The van der Waals surface area contributed by atoms with Crippen LogP contribution in [0.5, 0.6) is 0 Å². The van der Waals surface area contributed by atoms with Crippen LogP contribution in [-0.4, -0.2) is 9.97 Å². The third-order valence-corrected chi connectivity index (χ3v) is 5.77. The Kier molecular flexibility index (Phi) is 3.77. The van der Waals surface area contributed by atoms with Gasteiger partial charge in [-0.1, -0.05) is 37.3 Å². The second-order valence-corrected chi connectivity index (χ2v) is 7.24. The smallest absolute Gasteiger partial charge is 0.139 e. The van der Waals surface area contributed by atoms with E-state index < -0.39 is 0 Å². The second kappa shape index (κ2) is 5.93. The molecule has 118 valence electrons. The topological polar surface area (TPSA) is 37.8 Å². The highest BCUT2D eigenvalue weighted by molar-refractivity contribution is 7.19. The molecule has 1 atom stereocenters. The van der Waals surface area contributed by atoms with Crippen molar-refractivity contribution in [1.82, 2.24) is 9.97 Å². The molecule has 3 nitrogen and oxygen atoms in total. The molecule has 2 heterocycles. The van der Waals surface area contributed by atoms with Crippen molar-refractivity contribution in [3.8, 4) is 0 Å². The number of nitrogens with zero attached hydrogens (tertiary/aromatic N) is 2. The summed E-state index contributed by atoms with van der Waals surface area (Å²) in [6, 6.07) is 10.8. The molecule has 1 aromatic carbocycles. The highest BCUT2D eigenvalue weighted by Crippen LogP contribution is 2.40. The van der Waals surface area contributed by atoms with Crippen LogP contribution < -0.4 is 5.32 Å². The SMILES string of the molecule is CCc1nc(NC(C)c2ccccc2)c2c3c(sc2n1)CCC3. The van der Waals surface area contributed by atoms with Crippen molar-refractivity contribution in [3.63, 3.8) is 0 Å². The lowest BCUT2D eigenvalue weighted by Crippen LogP contribution is -2.10. The van der Waals surface area contributed by atoms with Crippen molar-refractivity contribution in [2.75, 3.05) is 5.32 Å². The van der Waals surface area contributed by atoms with Crippen LogP contribution in [0.4, 0.5) is 5.82 Å². The van der Waals surface area contributed by atoms with Gasteiger partial charge in [0.15, 0.2) is 0 Å². The van der Waals surface area contributed by atoms with E-state index in [1.807, 2.05) is 11.3 Å². The maximum atomic E-state index is 4.82. The number of nitrogens with one attached hydrogen (secondary N) is 1. The first kappa shape index (κ1) is 14.6. The number of thiophene rings is 1. The van der Waals surface area contributed by atoms with E-state index in [9.17, 15) is 0 Å². The number of hydrogen-bond donors (Lipinski definition) is 1. The van der Waals surface area contributed by atoms with Gasteiger partial charge in [0, 0.05) is 17.3 Å². The van der Waals surface area contributed by atoms with Crippen LogP contribution in [0, 0.1) is 0 Å². The molecule has 3 aromatic rings. The second-order valence-electron chi connectivity index (χ2n) is 6.16. The van der Waals surface area contributed by atoms with E-state index in [1.54, 1.807) is 0 Å². The van der Waals surface area contributed by atoms with Gasteiger partial charge >= 0.3 is 0 Å². The molecule has 1 N–H and O–H groups in total. The van der Waals surface area contributed by atoms with Crippen molar-refractivity contribution in [2.45, 2.75) is 45.6 Å². The summed E-state index contributed by atoms with van der Waals surface area (Å²) in [6.07, 6.45) is 4.50. The summed E-state index contributed by atoms with van der Waals surface area (Å²) in [7, 11) is 0. The Morgan fingerprint density at radius 3 is 2.78 bits per heavy atom. The third-order valence-electron chi connectivity index (χ3n) is 4.58. The molecule has 0 saturated heterocycles. The van der Waals surface area contributed by atoms with Crippen LogP contribution in [0.2, 0.25) is 0 Å². The summed E-state index contributed by atoms with van der Waals surface area (Å²) < 4.78 is 0. The molecule has 0 radical (unpaired) electrons. The van der Waals surface area contributed by atoms with Gasteiger partial charge in [-0.3, -0.25) is 0 Å². The van der Waals surface area contributed by atoms with Crippen LogP contribution in [0.15, 0.2) is 30.3 Å². The summed E-state index contributed by atoms with van der Waals surface area (Å²) in [5.41, 5.74) is 2.76. The normalized spacial score (nSPS) is 14.9. The van der Waals surface area contributed by atoms with Crippen molar-refractivity contribution in [3.05, 3.63) is 52.2 Å². The maximum absolute atomic E-state index is 4.82. The van der Waals surface area contributed by atoms with Crippen molar-refractivity contribution in [2.24, 2.45) is 0 Å². The number of aromatic nitrogens is 2. The summed E-state index contributed by atoms with van der Waals surface area (Å²) in [6.45, 7) is 4.31. The van der Waals surface area contributed by atoms with Gasteiger partial charge in [0.05, 0.1) is 5.39 Å². The highest BCUT2D eigenvalue weighted by atomic mass is 32.1. The van der Waals surface area contributed by atoms with Gasteiger partial charge in [0.1, 0.15) is 16.5 Å². The monoisotopic (exact) mass is 323 g/mol. The van der Waals surface area contributed by atoms with Gasteiger partial charge in [-0.15, -0.1) is 11.3 Å². The lowest BCUT2D eigenvalue weighted by Gasteiger charge is -2.16. The minimum atomic E-state index is 0.232. The fourth-order valence-electron chi connectivity index (χ4n) is 3.33. The first-order valence-electron chi connectivity index (χ1n) is 8.39. The molecule has 1 unspecified atom stereocenters. The predicted molar refractivity (Wildman–Crippen MR) is 97.3 cm³/mol. The van der Waals surface area contributed by atoms with E-state index in [-0.39, 0.29) is 6.04 Å². The van der Waals surface area contributed by atoms with Crippen molar-refractivity contribution < 1.29 is 0 Å². The molecule has 0 fully saturated rings. The number of benzene rings is 1. The van der Waals surface area contributed by atoms with Gasteiger partial charge in [0.25, 0.3) is 0 Å². The first-order valence-corrected chi connectivity index (χ1v) is 9.20. The highest BCUT2D eigenvalue weighted by Gasteiger charge is 2.22.